The molecule has 0 saturated carbocycles. The lowest BCUT2D eigenvalue weighted by atomic mass is 10.2. The molecular formula is C19H18N7-. The molecule has 0 aliphatic heterocycles. The highest BCUT2D eigenvalue weighted by atomic mass is 15.2. The van der Waals surface area contributed by atoms with Gasteiger partial charge in [0.25, 0.3) is 0 Å². The predicted molar refractivity (Wildman–Crippen MR) is 99.7 cm³/mol. The van der Waals surface area contributed by atoms with Gasteiger partial charge in [0.2, 0.25) is 0 Å². The van der Waals surface area contributed by atoms with Gasteiger partial charge < -0.3 is 21.0 Å². The normalized spacial score (nSPS) is 10.5. The van der Waals surface area contributed by atoms with Crippen LogP contribution in [0.5, 0.6) is 0 Å². The highest BCUT2D eigenvalue weighted by molar-refractivity contribution is 5.62. The van der Waals surface area contributed by atoms with Crippen molar-refractivity contribution >= 4 is 17.6 Å². The summed E-state index contributed by atoms with van der Waals surface area (Å²) in [5, 5.41) is 13.3. The number of nitrogens with zero attached hydrogens (tertiary/aromatic N) is 6. The molecule has 2 N–H and O–H groups in total. The molecule has 0 unspecified atom stereocenters. The van der Waals surface area contributed by atoms with E-state index < -0.39 is 0 Å². The second kappa shape index (κ2) is 8.05. The van der Waals surface area contributed by atoms with Gasteiger partial charge in [-0.25, -0.2) is 4.98 Å². The van der Waals surface area contributed by atoms with E-state index in [1.807, 2.05) is 25.2 Å². The molecule has 1 heterocycles. The highest BCUT2D eigenvalue weighted by Crippen LogP contribution is 2.27. The van der Waals surface area contributed by atoms with E-state index >= 15 is 0 Å². The van der Waals surface area contributed by atoms with Gasteiger partial charge in [-0.1, -0.05) is 42.5 Å². The van der Waals surface area contributed by atoms with Crippen LogP contribution >= 0.6 is 0 Å². The molecule has 7 nitrogen and oxygen atoms in total. The van der Waals surface area contributed by atoms with Crippen LogP contribution in [0, 0.1) is 11.3 Å². The first-order valence-electron chi connectivity index (χ1n) is 8.07. The maximum absolute atomic E-state index is 8.98. The van der Waals surface area contributed by atoms with E-state index in [1.165, 1.54) is 5.56 Å². The fraction of sp³-hybridized carbons (Fsp3) is 0.158. The van der Waals surface area contributed by atoms with Gasteiger partial charge in [-0.05, 0) is 30.4 Å². The average Bonchev–Trinajstić information content (AvgIpc) is 2.62. The van der Waals surface area contributed by atoms with Crippen LogP contribution in [0.4, 0.5) is 17.6 Å². The Hall–Kier alpha value is -3.50. The zero-order valence-electron chi connectivity index (χ0n) is 14.4. The molecule has 26 heavy (non-hydrogen) atoms. The third-order valence-corrected chi connectivity index (χ3v) is 3.60. The van der Waals surface area contributed by atoms with Crippen LogP contribution in [0.2, 0.25) is 0 Å². The lowest BCUT2D eigenvalue weighted by Crippen LogP contribution is -2.19. The van der Waals surface area contributed by atoms with E-state index in [9.17, 15) is 0 Å². The minimum Gasteiger partial charge on any atom is -0.381 e. The Labute approximate surface area is 152 Å². The molecule has 0 bridgehead atoms. The third-order valence-electron chi connectivity index (χ3n) is 3.60. The topological polar surface area (TPSA) is 106 Å². The van der Waals surface area contributed by atoms with Crippen molar-refractivity contribution in [3.63, 3.8) is 0 Å². The number of anilines is 1. The summed E-state index contributed by atoms with van der Waals surface area (Å²) in [6, 6.07) is 19.2. The third kappa shape index (κ3) is 4.75. The van der Waals surface area contributed by atoms with Crippen LogP contribution in [-0.2, 0) is 13.1 Å². The second-order valence-corrected chi connectivity index (χ2v) is 5.84. The molecule has 3 rings (SSSR count). The first-order chi connectivity index (χ1) is 12.6. The van der Waals surface area contributed by atoms with Crippen molar-refractivity contribution in [2.45, 2.75) is 13.1 Å². The van der Waals surface area contributed by atoms with Crippen molar-refractivity contribution < 1.29 is 0 Å². The molecule has 0 saturated heterocycles. The number of nitrogen functional groups attached to an aromatic ring is 1. The maximum atomic E-state index is 8.98. The van der Waals surface area contributed by atoms with E-state index in [4.69, 9.17) is 11.0 Å². The van der Waals surface area contributed by atoms with Gasteiger partial charge in [0.1, 0.15) is 5.95 Å². The summed E-state index contributed by atoms with van der Waals surface area (Å²) >= 11 is 0. The minimum atomic E-state index is 0.123. The molecule has 0 aliphatic carbocycles. The summed E-state index contributed by atoms with van der Waals surface area (Å²) in [7, 11) is 1.99. The lowest BCUT2D eigenvalue weighted by Gasteiger charge is -2.20. The van der Waals surface area contributed by atoms with Crippen molar-refractivity contribution in [2.75, 3.05) is 12.8 Å². The monoisotopic (exact) mass is 344 g/mol. The molecular weight excluding hydrogens is 326 g/mol. The number of hydrogen-bond acceptors (Lipinski definition) is 6. The Balaban J connectivity index is 1.72. The van der Waals surface area contributed by atoms with Crippen molar-refractivity contribution in [1.29, 1.82) is 5.26 Å². The number of nitrogens with two attached hydrogens (primary N) is 1. The standard InChI is InChI=1S/C19H18N7/c1-26(12-14-6-3-2-4-7-14)13-17-23-18(21)25-19(24-17)22-16-9-5-8-15(10-16)11-20/h2-10H,12-13H2,1H3,(H2-,21,22,23,24,25)/q-1. The summed E-state index contributed by atoms with van der Waals surface area (Å²) in [5.74, 6) is 0.903. The highest BCUT2D eigenvalue weighted by Gasteiger charge is 2.04. The first kappa shape index (κ1) is 17.3. The Morgan fingerprint density at radius 2 is 1.85 bits per heavy atom. The SMILES string of the molecule is CN(Cc1ccccc1)Cc1nc(N)nc([N-]c2cccc(C#N)c2)n1. The second-order valence-electron chi connectivity index (χ2n) is 5.84. The predicted octanol–water partition coefficient (Wildman–Crippen LogP) is 3.29. The van der Waals surface area contributed by atoms with Gasteiger partial charge in [-0.2, -0.15) is 5.26 Å². The van der Waals surface area contributed by atoms with E-state index in [1.54, 1.807) is 24.3 Å². The minimum absolute atomic E-state index is 0.123. The molecule has 0 fully saturated rings. The zero-order valence-corrected chi connectivity index (χ0v) is 14.4. The molecule has 0 spiro atoms. The van der Waals surface area contributed by atoms with E-state index in [0.717, 1.165) is 6.54 Å². The van der Waals surface area contributed by atoms with Crippen LogP contribution in [-0.4, -0.2) is 26.9 Å². The van der Waals surface area contributed by atoms with Gasteiger partial charge in [-0.3, -0.25) is 4.90 Å². The van der Waals surface area contributed by atoms with Gasteiger partial charge in [0, 0.05) is 19.0 Å². The number of nitriles is 1. The summed E-state index contributed by atoms with van der Waals surface area (Å²) in [6.07, 6.45) is 0. The van der Waals surface area contributed by atoms with Crippen LogP contribution < -0.4 is 5.73 Å². The van der Waals surface area contributed by atoms with Gasteiger partial charge >= 0.3 is 0 Å². The summed E-state index contributed by atoms with van der Waals surface area (Å²) < 4.78 is 0. The Morgan fingerprint density at radius 1 is 1.04 bits per heavy atom. The zero-order chi connectivity index (χ0) is 18.4. The van der Waals surface area contributed by atoms with Gasteiger partial charge in [0.15, 0.2) is 0 Å². The fourth-order valence-corrected chi connectivity index (χ4v) is 2.50. The van der Waals surface area contributed by atoms with Crippen molar-refractivity contribution in [3.05, 3.63) is 76.9 Å². The molecule has 0 amide bonds. The molecule has 2 aromatic carbocycles. The number of hydrogen-bond donors (Lipinski definition) is 1. The molecule has 7 heteroatoms. The van der Waals surface area contributed by atoms with Crippen LogP contribution in [0.25, 0.3) is 5.32 Å². The van der Waals surface area contributed by atoms with Crippen molar-refractivity contribution in [2.24, 2.45) is 0 Å². The number of benzene rings is 2. The largest absolute Gasteiger partial charge is 0.381 e. The van der Waals surface area contributed by atoms with Gasteiger partial charge in [-0.15, -0.1) is 0 Å². The van der Waals surface area contributed by atoms with E-state index in [-0.39, 0.29) is 11.9 Å². The fourth-order valence-electron chi connectivity index (χ4n) is 2.50. The first-order valence-corrected chi connectivity index (χ1v) is 8.07. The maximum Gasteiger partial charge on any atom is 0.148 e. The van der Waals surface area contributed by atoms with Crippen molar-refractivity contribution in [1.82, 2.24) is 19.9 Å². The van der Waals surface area contributed by atoms with Gasteiger partial charge in [0.05, 0.1) is 17.5 Å². The average molecular weight is 344 g/mol. The van der Waals surface area contributed by atoms with Crippen LogP contribution in [0.15, 0.2) is 54.6 Å². The quantitative estimate of drug-likeness (QED) is 0.735. The lowest BCUT2D eigenvalue weighted by molar-refractivity contribution is 0.310. The summed E-state index contributed by atoms with van der Waals surface area (Å²) in [5.41, 5.74) is 8.13. The van der Waals surface area contributed by atoms with Crippen LogP contribution in [0.1, 0.15) is 17.0 Å². The van der Waals surface area contributed by atoms with E-state index in [2.05, 4.69) is 43.4 Å². The Bertz CT molecular complexity index is 919. The molecule has 3 aromatic rings. The summed E-state index contributed by atoms with van der Waals surface area (Å²) in [6.45, 7) is 1.28. The Kier molecular flexibility index (Phi) is 5.37. The molecule has 0 radical (unpaired) electrons. The molecule has 130 valence electrons. The smallest absolute Gasteiger partial charge is 0.148 e. The van der Waals surface area contributed by atoms with Crippen molar-refractivity contribution in [3.8, 4) is 6.07 Å². The number of aromatic nitrogens is 3. The molecule has 0 aliphatic rings. The Morgan fingerprint density at radius 3 is 2.62 bits per heavy atom. The van der Waals surface area contributed by atoms with Crippen LogP contribution in [0.3, 0.4) is 0 Å². The molecule has 0 atom stereocenters. The number of rotatable bonds is 6. The summed E-state index contributed by atoms with van der Waals surface area (Å²) in [4.78, 5) is 14.7. The molecule has 1 aromatic heterocycles. The van der Waals surface area contributed by atoms with E-state index in [0.29, 0.717) is 23.6 Å².